The summed E-state index contributed by atoms with van der Waals surface area (Å²) in [5.41, 5.74) is 2.70. The van der Waals surface area contributed by atoms with E-state index in [9.17, 15) is 15.0 Å². The zero-order chi connectivity index (χ0) is 13.3. The van der Waals surface area contributed by atoms with Crippen molar-refractivity contribution >= 4 is 5.78 Å². The van der Waals surface area contributed by atoms with Gasteiger partial charge in [0.2, 0.25) is 0 Å². The summed E-state index contributed by atoms with van der Waals surface area (Å²) in [7, 11) is 0. The summed E-state index contributed by atoms with van der Waals surface area (Å²) < 4.78 is 0. The molecule has 0 fully saturated rings. The monoisotopic (exact) mass is 242 g/mol. The van der Waals surface area contributed by atoms with Gasteiger partial charge in [-0.25, -0.2) is 0 Å². The van der Waals surface area contributed by atoms with Crippen LogP contribution in [-0.4, -0.2) is 16.0 Å². The molecule has 0 unspecified atom stereocenters. The first kappa shape index (κ1) is 12.2. The zero-order valence-corrected chi connectivity index (χ0v) is 10.3. The van der Waals surface area contributed by atoms with Gasteiger partial charge in [0.1, 0.15) is 11.5 Å². The number of ketones is 1. The maximum atomic E-state index is 12.3. The van der Waals surface area contributed by atoms with Crippen LogP contribution in [0.15, 0.2) is 36.4 Å². The van der Waals surface area contributed by atoms with Crippen LogP contribution in [0.1, 0.15) is 27.0 Å². The number of phenols is 2. The van der Waals surface area contributed by atoms with Crippen LogP contribution in [-0.2, 0) is 0 Å². The van der Waals surface area contributed by atoms with E-state index in [0.717, 1.165) is 17.2 Å². The Labute approximate surface area is 105 Å². The van der Waals surface area contributed by atoms with Gasteiger partial charge in [-0.15, -0.1) is 0 Å². The molecule has 0 aromatic heterocycles. The van der Waals surface area contributed by atoms with E-state index in [1.54, 1.807) is 6.07 Å². The van der Waals surface area contributed by atoms with Crippen LogP contribution in [0.2, 0.25) is 0 Å². The summed E-state index contributed by atoms with van der Waals surface area (Å²) >= 11 is 0. The molecule has 0 heterocycles. The van der Waals surface area contributed by atoms with Gasteiger partial charge in [-0.2, -0.15) is 0 Å². The highest BCUT2D eigenvalue weighted by Gasteiger charge is 2.15. The maximum Gasteiger partial charge on any atom is 0.197 e. The van der Waals surface area contributed by atoms with E-state index in [4.69, 9.17) is 0 Å². The second-order valence-corrected chi connectivity index (χ2v) is 4.35. The third-order valence-electron chi connectivity index (χ3n) is 2.85. The van der Waals surface area contributed by atoms with Crippen LogP contribution in [0.5, 0.6) is 11.5 Å². The lowest BCUT2D eigenvalue weighted by atomic mass is 9.97. The molecule has 2 aromatic carbocycles. The molecule has 3 nitrogen and oxygen atoms in total. The molecule has 18 heavy (non-hydrogen) atoms. The van der Waals surface area contributed by atoms with Crippen LogP contribution in [0.4, 0.5) is 0 Å². The summed E-state index contributed by atoms with van der Waals surface area (Å²) in [5, 5.41) is 18.9. The first-order valence-electron chi connectivity index (χ1n) is 5.63. The highest BCUT2D eigenvalue weighted by atomic mass is 16.3. The Bertz CT molecular complexity index is 562. The van der Waals surface area contributed by atoms with Crippen molar-refractivity contribution in [2.24, 2.45) is 0 Å². The largest absolute Gasteiger partial charge is 0.508 e. The quantitative estimate of drug-likeness (QED) is 0.796. The number of hydrogen-bond acceptors (Lipinski definition) is 3. The van der Waals surface area contributed by atoms with Gasteiger partial charge < -0.3 is 10.2 Å². The summed E-state index contributed by atoms with van der Waals surface area (Å²) in [6.07, 6.45) is 0. The van der Waals surface area contributed by atoms with Crippen molar-refractivity contribution in [1.82, 2.24) is 0 Å². The Hall–Kier alpha value is -2.29. The Morgan fingerprint density at radius 2 is 1.61 bits per heavy atom. The number of phenolic OH excluding ortho intramolecular Hbond substituents is 2. The molecule has 3 heteroatoms. The Morgan fingerprint density at radius 3 is 2.22 bits per heavy atom. The van der Waals surface area contributed by atoms with E-state index >= 15 is 0 Å². The maximum absolute atomic E-state index is 12.3. The molecule has 0 aliphatic carbocycles. The Kier molecular flexibility index (Phi) is 3.06. The minimum absolute atomic E-state index is 0.0651. The highest BCUT2D eigenvalue weighted by molar-refractivity contribution is 6.11. The number of benzene rings is 2. The van der Waals surface area contributed by atoms with Gasteiger partial charge in [0, 0.05) is 11.6 Å². The number of rotatable bonds is 2. The summed E-state index contributed by atoms with van der Waals surface area (Å²) in [4.78, 5) is 12.3. The second kappa shape index (κ2) is 4.53. The smallest absolute Gasteiger partial charge is 0.197 e. The molecule has 0 radical (unpaired) electrons. The van der Waals surface area contributed by atoms with E-state index < -0.39 is 0 Å². The molecule has 0 amide bonds. The normalized spacial score (nSPS) is 10.3. The molecule has 0 atom stereocenters. The average Bonchev–Trinajstić information content (AvgIpc) is 2.28. The first-order chi connectivity index (χ1) is 8.49. The molecule has 2 aromatic rings. The van der Waals surface area contributed by atoms with Crippen molar-refractivity contribution < 1.29 is 15.0 Å². The average molecular weight is 242 g/mol. The lowest BCUT2D eigenvalue weighted by Crippen LogP contribution is -2.04. The third kappa shape index (κ3) is 2.20. The van der Waals surface area contributed by atoms with Crippen LogP contribution < -0.4 is 0 Å². The molecule has 0 aliphatic rings. The van der Waals surface area contributed by atoms with Crippen LogP contribution in [0.3, 0.4) is 0 Å². The molecule has 92 valence electrons. The minimum Gasteiger partial charge on any atom is -0.508 e. The SMILES string of the molecule is Cc1ccc(C(=O)c2ccc(O)cc2O)c(C)c1. The van der Waals surface area contributed by atoms with E-state index in [-0.39, 0.29) is 22.8 Å². The predicted molar refractivity (Wildman–Crippen MR) is 69.1 cm³/mol. The van der Waals surface area contributed by atoms with Gasteiger partial charge in [-0.1, -0.05) is 23.8 Å². The summed E-state index contributed by atoms with van der Waals surface area (Å²) in [5.74, 6) is -0.519. The molecular formula is C15H14O3. The topological polar surface area (TPSA) is 57.5 Å². The fourth-order valence-electron chi connectivity index (χ4n) is 1.93. The van der Waals surface area contributed by atoms with E-state index in [2.05, 4.69) is 0 Å². The standard InChI is InChI=1S/C15H14O3/c1-9-3-5-12(10(2)7-9)15(18)13-6-4-11(16)8-14(13)17/h3-8,16-17H,1-2H3. The van der Waals surface area contributed by atoms with Crippen molar-refractivity contribution in [2.45, 2.75) is 13.8 Å². The molecule has 2 rings (SSSR count). The second-order valence-electron chi connectivity index (χ2n) is 4.35. The minimum atomic E-state index is -0.245. The number of carbonyl (C=O) groups excluding carboxylic acids is 1. The van der Waals surface area contributed by atoms with Gasteiger partial charge in [0.15, 0.2) is 5.78 Å². The van der Waals surface area contributed by atoms with Gasteiger partial charge in [0.25, 0.3) is 0 Å². The van der Waals surface area contributed by atoms with Crippen molar-refractivity contribution in [1.29, 1.82) is 0 Å². The Balaban J connectivity index is 2.48. The molecular weight excluding hydrogens is 228 g/mol. The van der Waals surface area contributed by atoms with E-state index in [1.165, 1.54) is 12.1 Å². The molecule has 0 bridgehead atoms. The van der Waals surface area contributed by atoms with Crippen molar-refractivity contribution in [3.63, 3.8) is 0 Å². The fraction of sp³-hybridized carbons (Fsp3) is 0.133. The summed E-state index contributed by atoms with van der Waals surface area (Å²) in [6, 6.07) is 9.50. The van der Waals surface area contributed by atoms with Gasteiger partial charge in [-0.05, 0) is 31.5 Å². The first-order valence-corrected chi connectivity index (χ1v) is 5.63. The molecule has 0 spiro atoms. The molecule has 0 saturated heterocycles. The number of aryl methyl sites for hydroxylation is 2. The highest BCUT2D eigenvalue weighted by Crippen LogP contribution is 2.26. The number of aromatic hydroxyl groups is 2. The molecule has 2 N–H and O–H groups in total. The van der Waals surface area contributed by atoms with Crippen LogP contribution in [0.25, 0.3) is 0 Å². The number of hydrogen-bond donors (Lipinski definition) is 2. The predicted octanol–water partition coefficient (Wildman–Crippen LogP) is 2.95. The molecule has 0 aliphatic heterocycles. The lowest BCUT2D eigenvalue weighted by Gasteiger charge is -2.08. The van der Waals surface area contributed by atoms with Crippen LogP contribution >= 0.6 is 0 Å². The van der Waals surface area contributed by atoms with Crippen molar-refractivity contribution in [3.8, 4) is 11.5 Å². The van der Waals surface area contributed by atoms with Crippen molar-refractivity contribution in [2.75, 3.05) is 0 Å². The van der Waals surface area contributed by atoms with Crippen LogP contribution in [0, 0.1) is 13.8 Å². The lowest BCUT2D eigenvalue weighted by molar-refractivity contribution is 0.103. The van der Waals surface area contributed by atoms with Gasteiger partial charge >= 0.3 is 0 Å². The van der Waals surface area contributed by atoms with E-state index in [0.29, 0.717) is 5.56 Å². The van der Waals surface area contributed by atoms with Crippen molar-refractivity contribution in [3.05, 3.63) is 58.7 Å². The fourth-order valence-corrected chi connectivity index (χ4v) is 1.93. The third-order valence-corrected chi connectivity index (χ3v) is 2.85. The zero-order valence-electron chi connectivity index (χ0n) is 10.3. The van der Waals surface area contributed by atoms with Gasteiger partial charge in [0.05, 0.1) is 5.56 Å². The van der Waals surface area contributed by atoms with Gasteiger partial charge in [-0.3, -0.25) is 4.79 Å². The van der Waals surface area contributed by atoms with E-state index in [1.807, 2.05) is 26.0 Å². The number of carbonyl (C=O) groups is 1. The summed E-state index contributed by atoms with van der Waals surface area (Å²) in [6.45, 7) is 3.82. The Morgan fingerprint density at radius 1 is 0.944 bits per heavy atom. The molecule has 0 saturated carbocycles.